The van der Waals surface area contributed by atoms with Crippen LogP contribution in [-0.4, -0.2) is 19.9 Å². The Labute approximate surface area is 115 Å². The normalized spacial score (nSPS) is 11.2. The molecule has 1 N–H and O–H groups in total. The van der Waals surface area contributed by atoms with Crippen LogP contribution in [0.2, 0.25) is 0 Å². The molecule has 0 spiro atoms. The van der Waals surface area contributed by atoms with Crippen molar-refractivity contribution in [3.63, 3.8) is 0 Å². The first-order chi connectivity index (χ1) is 9.81. The van der Waals surface area contributed by atoms with Gasteiger partial charge in [-0.1, -0.05) is 18.2 Å². The van der Waals surface area contributed by atoms with Gasteiger partial charge < -0.3 is 4.98 Å². The number of H-pyrrole nitrogens is 1. The van der Waals surface area contributed by atoms with Gasteiger partial charge in [0, 0.05) is 22.8 Å². The summed E-state index contributed by atoms with van der Waals surface area (Å²) in [4.78, 5) is 16.8. The Balaban J connectivity index is 2.01. The molecule has 0 saturated carbocycles. The van der Waals surface area contributed by atoms with E-state index in [9.17, 15) is 0 Å². The van der Waals surface area contributed by atoms with Crippen LogP contribution in [0.5, 0.6) is 0 Å². The highest BCUT2D eigenvalue weighted by Gasteiger charge is 2.09. The Kier molecular flexibility index (Phi) is 2.29. The average molecular weight is 260 g/mol. The summed E-state index contributed by atoms with van der Waals surface area (Å²) in [5.41, 5.74) is 4.68. The van der Waals surface area contributed by atoms with Crippen molar-refractivity contribution in [2.24, 2.45) is 0 Å². The second-order valence-electron chi connectivity index (χ2n) is 4.78. The van der Waals surface area contributed by atoms with E-state index in [0.717, 1.165) is 39.1 Å². The summed E-state index contributed by atoms with van der Waals surface area (Å²) in [6.07, 6.45) is 1.81. The number of aromatic amines is 1. The zero-order valence-electron chi connectivity index (χ0n) is 11.0. The van der Waals surface area contributed by atoms with Gasteiger partial charge in [-0.05, 0) is 31.2 Å². The average Bonchev–Trinajstić information content (AvgIpc) is 2.89. The molecular formula is C16H12N4. The molecular weight excluding hydrogens is 248 g/mol. The van der Waals surface area contributed by atoms with Gasteiger partial charge in [0.1, 0.15) is 5.82 Å². The van der Waals surface area contributed by atoms with Gasteiger partial charge in [0.05, 0.1) is 11.0 Å². The fourth-order valence-corrected chi connectivity index (χ4v) is 2.42. The number of rotatable bonds is 1. The number of pyridine rings is 2. The van der Waals surface area contributed by atoms with Crippen molar-refractivity contribution in [2.75, 3.05) is 0 Å². The molecule has 4 heteroatoms. The number of hydrogen-bond donors (Lipinski definition) is 1. The fraction of sp³-hybridized carbons (Fsp3) is 0.0625. The van der Waals surface area contributed by atoms with Crippen molar-refractivity contribution in [2.45, 2.75) is 6.92 Å². The molecule has 0 aliphatic carbocycles. The number of para-hydroxylation sites is 1. The molecule has 0 saturated heterocycles. The van der Waals surface area contributed by atoms with E-state index < -0.39 is 0 Å². The standard InChI is InChI=1S/C16H12N4/c1-10-6-7-14-16(18-10)20-15(19-14)12-8-9-17-13-5-3-2-4-11(12)13/h2-9H,1H3,(H,18,19,20). The summed E-state index contributed by atoms with van der Waals surface area (Å²) in [7, 11) is 0. The second-order valence-corrected chi connectivity index (χ2v) is 4.78. The SMILES string of the molecule is Cc1ccc2[nH]c(-c3ccnc4ccccc34)nc2n1. The predicted octanol–water partition coefficient (Wildman–Crippen LogP) is 3.48. The Morgan fingerprint density at radius 2 is 1.85 bits per heavy atom. The van der Waals surface area contributed by atoms with Crippen LogP contribution < -0.4 is 0 Å². The summed E-state index contributed by atoms with van der Waals surface area (Å²) in [5, 5.41) is 1.09. The van der Waals surface area contributed by atoms with Crippen molar-refractivity contribution < 1.29 is 0 Å². The van der Waals surface area contributed by atoms with Gasteiger partial charge in [-0.15, -0.1) is 0 Å². The number of aromatic nitrogens is 4. The van der Waals surface area contributed by atoms with Crippen molar-refractivity contribution >= 4 is 22.1 Å². The van der Waals surface area contributed by atoms with Gasteiger partial charge in [-0.2, -0.15) is 0 Å². The molecule has 0 unspecified atom stereocenters. The fourth-order valence-electron chi connectivity index (χ4n) is 2.42. The minimum atomic E-state index is 0.751. The molecule has 0 atom stereocenters. The van der Waals surface area contributed by atoms with E-state index in [-0.39, 0.29) is 0 Å². The maximum absolute atomic E-state index is 4.60. The molecule has 0 aliphatic rings. The zero-order chi connectivity index (χ0) is 13.5. The molecule has 0 fully saturated rings. The molecule has 4 aromatic rings. The third-order valence-electron chi connectivity index (χ3n) is 3.39. The Morgan fingerprint density at radius 3 is 2.80 bits per heavy atom. The van der Waals surface area contributed by atoms with Gasteiger partial charge in [0.15, 0.2) is 5.65 Å². The van der Waals surface area contributed by atoms with Crippen LogP contribution in [0, 0.1) is 6.92 Å². The third-order valence-corrected chi connectivity index (χ3v) is 3.39. The quantitative estimate of drug-likeness (QED) is 0.570. The maximum atomic E-state index is 4.60. The lowest BCUT2D eigenvalue weighted by atomic mass is 10.1. The maximum Gasteiger partial charge on any atom is 0.178 e. The first-order valence-corrected chi connectivity index (χ1v) is 6.49. The monoisotopic (exact) mass is 260 g/mol. The largest absolute Gasteiger partial charge is 0.337 e. The lowest BCUT2D eigenvalue weighted by molar-refractivity contribution is 1.22. The minimum absolute atomic E-state index is 0.751. The van der Waals surface area contributed by atoms with Gasteiger partial charge >= 0.3 is 0 Å². The van der Waals surface area contributed by atoms with Crippen LogP contribution in [0.1, 0.15) is 5.69 Å². The van der Waals surface area contributed by atoms with Crippen molar-refractivity contribution in [1.29, 1.82) is 0 Å². The van der Waals surface area contributed by atoms with E-state index in [1.807, 2.05) is 49.5 Å². The third kappa shape index (κ3) is 1.66. The van der Waals surface area contributed by atoms with Gasteiger partial charge in [-0.25, -0.2) is 9.97 Å². The highest BCUT2D eigenvalue weighted by atomic mass is 15.0. The van der Waals surface area contributed by atoms with Crippen molar-refractivity contribution in [1.82, 2.24) is 19.9 Å². The van der Waals surface area contributed by atoms with Crippen molar-refractivity contribution in [3.05, 3.63) is 54.4 Å². The van der Waals surface area contributed by atoms with Crippen molar-refractivity contribution in [3.8, 4) is 11.4 Å². The van der Waals surface area contributed by atoms with Crippen LogP contribution in [0.15, 0.2) is 48.7 Å². The molecule has 4 nitrogen and oxygen atoms in total. The first-order valence-electron chi connectivity index (χ1n) is 6.49. The number of benzene rings is 1. The number of hydrogen-bond acceptors (Lipinski definition) is 3. The van der Waals surface area contributed by atoms with E-state index in [1.165, 1.54) is 0 Å². The van der Waals surface area contributed by atoms with Crippen LogP contribution >= 0.6 is 0 Å². The number of aryl methyl sites for hydroxylation is 1. The molecule has 4 rings (SSSR count). The summed E-state index contributed by atoms with van der Waals surface area (Å²) in [6, 6.07) is 14.0. The molecule has 3 aromatic heterocycles. The van der Waals surface area contributed by atoms with E-state index in [2.05, 4.69) is 26.0 Å². The van der Waals surface area contributed by atoms with Gasteiger partial charge in [0.25, 0.3) is 0 Å². The summed E-state index contributed by atoms with van der Waals surface area (Å²) >= 11 is 0. The van der Waals surface area contributed by atoms with E-state index >= 15 is 0 Å². The number of fused-ring (bicyclic) bond motifs is 2. The topological polar surface area (TPSA) is 54.5 Å². The van der Waals surface area contributed by atoms with Gasteiger partial charge in [-0.3, -0.25) is 4.98 Å². The molecule has 0 amide bonds. The van der Waals surface area contributed by atoms with Crippen LogP contribution in [0.4, 0.5) is 0 Å². The van der Waals surface area contributed by atoms with E-state index in [1.54, 1.807) is 0 Å². The van der Waals surface area contributed by atoms with Crippen LogP contribution in [0.3, 0.4) is 0 Å². The Morgan fingerprint density at radius 1 is 0.950 bits per heavy atom. The second kappa shape index (κ2) is 4.13. The molecule has 0 aliphatic heterocycles. The molecule has 1 aromatic carbocycles. The highest BCUT2D eigenvalue weighted by Crippen LogP contribution is 2.26. The summed E-state index contributed by atoms with van der Waals surface area (Å²) in [6.45, 7) is 1.97. The summed E-state index contributed by atoms with van der Waals surface area (Å²) in [5.74, 6) is 0.830. The predicted molar refractivity (Wildman–Crippen MR) is 79.4 cm³/mol. The molecule has 3 heterocycles. The lowest BCUT2D eigenvalue weighted by Crippen LogP contribution is -1.85. The molecule has 0 radical (unpaired) electrons. The van der Waals surface area contributed by atoms with Crippen LogP contribution in [-0.2, 0) is 0 Å². The number of nitrogens with zero attached hydrogens (tertiary/aromatic N) is 3. The van der Waals surface area contributed by atoms with Crippen LogP contribution in [0.25, 0.3) is 33.5 Å². The Bertz CT molecular complexity index is 919. The minimum Gasteiger partial charge on any atom is -0.337 e. The van der Waals surface area contributed by atoms with E-state index in [0.29, 0.717) is 0 Å². The number of nitrogens with one attached hydrogen (secondary N) is 1. The zero-order valence-corrected chi connectivity index (χ0v) is 11.0. The Hall–Kier alpha value is -2.75. The summed E-state index contributed by atoms with van der Waals surface area (Å²) < 4.78 is 0. The molecule has 0 bridgehead atoms. The van der Waals surface area contributed by atoms with Gasteiger partial charge in [0.2, 0.25) is 0 Å². The first kappa shape index (κ1) is 11.1. The lowest BCUT2D eigenvalue weighted by Gasteiger charge is -2.02. The molecule has 96 valence electrons. The highest BCUT2D eigenvalue weighted by molar-refractivity contribution is 5.93. The smallest absolute Gasteiger partial charge is 0.178 e. The van der Waals surface area contributed by atoms with E-state index in [4.69, 9.17) is 0 Å². The molecule has 20 heavy (non-hydrogen) atoms. The number of imidazole rings is 1.